The summed E-state index contributed by atoms with van der Waals surface area (Å²) in [6.45, 7) is 0.158. The van der Waals surface area contributed by atoms with Crippen molar-refractivity contribution in [3.05, 3.63) is 81.0 Å². The van der Waals surface area contributed by atoms with Gasteiger partial charge in [-0.3, -0.25) is 9.48 Å². The highest BCUT2D eigenvalue weighted by atomic mass is 35.5. The number of amides is 1. The molecule has 0 saturated carbocycles. The SMILES string of the molecule is O=C(Nc1ccn(Cc2c(F)cccc2Cl)n1)c1sc2ccccc2c1Cl. The van der Waals surface area contributed by atoms with E-state index in [1.165, 1.54) is 22.1 Å². The molecule has 0 aliphatic rings. The van der Waals surface area contributed by atoms with Crippen molar-refractivity contribution < 1.29 is 9.18 Å². The molecule has 0 fully saturated rings. The Balaban J connectivity index is 1.53. The molecule has 0 unspecified atom stereocenters. The van der Waals surface area contributed by atoms with Gasteiger partial charge in [-0.15, -0.1) is 11.3 Å². The Hall–Kier alpha value is -2.41. The van der Waals surface area contributed by atoms with Crippen molar-refractivity contribution in [2.75, 3.05) is 5.32 Å². The Morgan fingerprint density at radius 2 is 1.96 bits per heavy atom. The van der Waals surface area contributed by atoms with Gasteiger partial charge in [-0.25, -0.2) is 4.39 Å². The van der Waals surface area contributed by atoms with Crippen molar-refractivity contribution in [1.82, 2.24) is 9.78 Å². The van der Waals surface area contributed by atoms with Crippen LogP contribution in [-0.2, 0) is 6.54 Å². The van der Waals surface area contributed by atoms with E-state index in [1.807, 2.05) is 24.3 Å². The van der Waals surface area contributed by atoms with E-state index in [2.05, 4.69) is 10.4 Å². The van der Waals surface area contributed by atoms with Gasteiger partial charge in [-0.05, 0) is 18.2 Å². The fourth-order valence-electron chi connectivity index (χ4n) is 2.69. The van der Waals surface area contributed by atoms with Crippen molar-refractivity contribution in [3.8, 4) is 0 Å². The number of carbonyl (C=O) groups is 1. The van der Waals surface area contributed by atoms with Crippen LogP contribution >= 0.6 is 34.5 Å². The number of benzene rings is 2. The zero-order chi connectivity index (χ0) is 19.0. The second-order valence-electron chi connectivity index (χ2n) is 5.79. The predicted molar refractivity (Wildman–Crippen MR) is 108 cm³/mol. The smallest absolute Gasteiger partial charge is 0.268 e. The van der Waals surface area contributed by atoms with E-state index >= 15 is 0 Å². The Bertz CT molecular complexity index is 1130. The molecule has 0 bridgehead atoms. The Morgan fingerprint density at radius 3 is 2.74 bits per heavy atom. The highest BCUT2D eigenvalue weighted by Gasteiger charge is 2.18. The molecule has 0 saturated heterocycles. The first-order valence-corrected chi connectivity index (χ1v) is 9.55. The number of carbonyl (C=O) groups excluding carboxylic acids is 1. The number of halogens is 3. The second-order valence-corrected chi connectivity index (χ2v) is 7.63. The third-order valence-corrected chi connectivity index (χ3v) is 6.03. The number of aromatic nitrogens is 2. The van der Waals surface area contributed by atoms with Crippen molar-refractivity contribution in [2.24, 2.45) is 0 Å². The Labute approximate surface area is 168 Å². The number of rotatable bonds is 4. The summed E-state index contributed by atoms with van der Waals surface area (Å²) in [4.78, 5) is 13.0. The molecule has 1 N–H and O–H groups in total. The van der Waals surface area contributed by atoms with E-state index in [-0.39, 0.29) is 12.5 Å². The van der Waals surface area contributed by atoms with Gasteiger partial charge >= 0.3 is 0 Å². The average Bonchev–Trinajstić information content (AvgIpc) is 3.23. The van der Waals surface area contributed by atoms with Crippen molar-refractivity contribution in [1.29, 1.82) is 0 Å². The van der Waals surface area contributed by atoms with Gasteiger partial charge in [0.15, 0.2) is 5.82 Å². The van der Waals surface area contributed by atoms with Crippen LogP contribution in [0.1, 0.15) is 15.2 Å². The predicted octanol–water partition coefficient (Wildman–Crippen LogP) is 5.84. The van der Waals surface area contributed by atoms with E-state index in [0.717, 1.165) is 10.1 Å². The summed E-state index contributed by atoms with van der Waals surface area (Å²) in [5.41, 5.74) is 0.340. The lowest BCUT2D eigenvalue weighted by Gasteiger charge is -2.06. The molecular formula is C19H12Cl2FN3OS. The summed E-state index contributed by atoms with van der Waals surface area (Å²) in [7, 11) is 0. The van der Waals surface area contributed by atoms with Gasteiger partial charge in [-0.2, -0.15) is 5.10 Å². The fourth-order valence-corrected chi connectivity index (χ4v) is 4.33. The van der Waals surface area contributed by atoms with Gasteiger partial charge in [0.05, 0.1) is 11.6 Å². The Kier molecular flexibility index (Phi) is 4.86. The third-order valence-electron chi connectivity index (χ3n) is 4.01. The number of hydrogen-bond acceptors (Lipinski definition) is 3. The lowest BCUT2D eigenvalue weighted by atomic mass is 10.2. The van der Waals surface area contributed by atoms with Crippen LogP contribution in [0.4, 0.5) is 10.2 Å². The summed E-state index contributed by atoms with van der Waals surface area (Å²) < 4.78 is 16.4. The molecule has 2 aromatic heterocycles. The van der Waals surface area contributed by atoms with Gasteiger partial charge < -0.3 is 5.32 Å². The number of nitrogens with one attached hydrogen (secondary N) is 1. The zero-order valence-corrected chi connectivity index (χ0v) is 16.1. The number of thiophene rings is 1. The highest BCUT2D eigenvalue weighted by Crippen LogP contribution is 2.35. The van der Waals surface area contributed by atoms with Crippen LogP contribution in [0.2, 0.25) is 10.0 Å². The van der Waals surface area contributed by atoms with Crippen LogP contribution in [0.5, 0.6) is 0 Å². The van der Waals surface area contributed by atoms with Crippen LogP contribution in [-0.4, -0.2) is 15.7 Å². The molecule has 8 heteroatoms. The molecular weight excluding hydrogens is 408 g/mol. The molecule has 27 heavy (non-hydrogen) atoms. The summed E-state index contributed by atoms with van der Waals surface area (Å²) in [6.07, 6.45) is 1.64. The fraction of sp³-hybridized carbons (Fsp3) is 0.0526. The number of anilines is 1. The lowest BCUT2D eigenvalue weighted by molar-refractivity contribution is 0.103. The first-order valence-electron chi connectivity index (χ1n) is 7.97. The van der Waals surface area contributed by atoms with Crippen LogP contribution in [0.25, 0.3) is 10.1 Å². The van der Waals surface area contributed by atoms with Crippen molar-refractivity contribution >= 4 is 56.3 Å². The minimum atomic E-state index is -0.402. The van der Waals surface area contributed by atoms with E-state index in [1.54, 1.807) is 24.4 Å². The number of nitrogens with zero attached hydrogens (tertiary/aromatic N) is 2. The van der Waals surface area contributed by atoms with Crippen LogP contribution in [0.3, 0.4) is 0 Å². The van der Waals surface area contributed by atoms with Crippen molar-refractivity contribution in [2.45, 2.75) is 6.54 Å². The molecule has 4 nitrogen and oxygen atoms in total. The maximum Gasteiger partial charge on any atom is 0.268 e. The molecule has 0 spiro atoms. The molecule has 4 rings (SSSR count). The monoisotopic (exact) mass is 419 g/mol. The number of hydrogen-bond donors (Lipinski definition) is 1. The molecule has 4 aromatic rings. The molecule has 0 aliphatic carbocycles. The topological polar surface area (TPSA) is 46.9 Å². The van der Waals surface area contributed by atoms with Gasteiger partial charge in [-0.1, -0.05) is 47.5 Å². The van der Waals surface area contributed by atoms with E-state index in [9.17, 15) is 9.18 Å². The molecule has 1 amide bonds. The standard InChI is InChI=1S/C19H12Cl2FN3OS/c20-13-5-3-6-14(22)12(13)10-25-9-8-16(24-25)23-19(26)18-17(21)11-4-1-2-7-15(11)27-18/h1-9H,10H2,(H,23,24,26). The van der Waals surface area contributed by atoms with E-state index < -0.39 is 5.82 Å². The normalized spacial score (nSPS) is 11.1. The minimum absolute atomic E-state index is 0.158. The Morgan fingerprint density at radius 1 is 1.15 bits per heavy atom. The first kappa shape index (κ1) is 18.0. The molecule has 2 aromatic carbocycles. The zero-order valence-electron chi connectivity index (χ0n) is 13.7. The minimum Gasteiger partial charge on any atom is -0.304 e. The molecule has 0 radical (unpaired) electrons. The van der Waals surface area contributed by atoms with Gasteiger partial charge in [0.2, 0.25) is 0 Å². The summed E-state index contributed by atoms with van der Waals surface area (Å²) in [5, 5.41) is 8.57. The maximum absolute atomic E-state index is 13.9. The van der Waals surface area contributed by atoms with Crippen LogP contribution in [0, 0.1) is 5.82 Å². The van der Waals surface area contributed by atoms with Crippen LogP contribution < -0.4 is 5.32 Å². The van der Waals surface area contributed by atoms with Gasteiger partial charge in [0.25, 0.3) is 5.91 Å². The molecule has 0 atom stereocenters. The lowest BCUT2D eigenvalue weighted by Crippen LogP contribution is -2.12. The van der Waals surface area contributed by atoms with Gasteiger partial charge in [0.1, 0.15) is 10.7 Å². The quantitative estimate of drug-likeness (QED) is 0.451. The van der Waals surface area contributed by atoms with Crippen molar-refractivity contribution in [3.63, 3.8) is 0 Å². The van der Waals surface area contributed by atoms with E-state index in [0.29, 0.717) is 26.3 Å². The average molecular weight is 420 g/mol. The summed E-state index contributed by atoms with van der Waals surface area (Å²) in [5.74, 6) is -0.392. The first-order chi connectivity index (χ1) is 13.0. The molecule has 136 valence electrons. The van der Waals surface area contributed by atoms with Gasteiger partial charge in [0, 0.05) is 32.9 Å². The molecule has 2 heterocycles. The largest absolute Gasteiger partial charge is 0.304 e. The summed E-state index contributed by atoms with van der Waals surface area (Å²) >= 11 is 13.7. The maximum atomic E-state index is 13.9. The number of fused-ring (bicyclic) bond motifs is 1. The van der Waals surface area contributed by atoms with E-state index in [4.69, 9.17) is 23.2 Å². The molecule has 0 aliphatic heterocycles. The summed E-state index contributed by atoms with van der Waals surface area (Å²) in [6, 6.07) is 13.7. The van der Waals surface area contributed by atoms with Crippen LogP contribution in [0.15, 0.2) is 54.7 Å². The second kappa shape index (κ2) is 7.31. The highest BCUT2D eigenvalue weighted by molar-refractivity contribution is 7.21. The third kappa shape index (κ3) is 3.56.